The Labute approximate surface area is 132 Å². The molecule has 116 valence electrons. The van der Waals surface area contributed by atoms with E-state index in [1.54, 1.807) is 12.1 Å². The number of carbonyl (C=O) groups excluding carboxylic acids is 1. The molecular formula is C14H17ClFNO3S. The first-order valence-electron chi connectivity index (χ1n) is 6.35. The van der Waals surface area contributed by atoms with Gasteiger partial charge in [0.1, 0.15) is 5.82 Å². The van der Waals surface area contributed by atoms with E-state index in [1.807, 2.05) is 13.8 Å². The van der Waals surface area contributed by atoms with Crippen LogP contribution in [0.1, 0.15) is 25.5 Å². The maximum atomic E-state index is 14.0. The zero-order valence-electron chi connectivity index (χ0n) is 11.7. The molecule has 0 saturated carbocycles. The second kappa shape index (κ2) is 8.24. The molecule has 0 aliphatic rings. The highest BCUT2D eigenvalue weighted by Gasteiger charge is 2.21. The minimum atomic E-state index is -0.975. The normalized spacial score (nSPS) is 12.2. The summed E-state index contributed by atoms with van der Waals surface area (Å²) in [6.07, 6.45) is 0. The molecule has 1 aromatic rings. The number of amides is 1. The van der Waals surface area contributed by atoms with Crippen molar-refractivity contribution in [3.63, 3.8) is 0 Å². The zero-order valence-corrected chi connectivity index (χ0v) is 13.3. The lowest BCUT2D eigenvalue weighted by Gasteiger charge is -2.23. The van der Waals surface area contributed by atoms with Crippen LogP contribution in [0, 0.1) is 11.7 Å². The molecule has 0 spiro atoms. The number of thioether (sulfide) groups is 1. The molecule has 1 rings (SSSR count). The van der Waals surface area contributed by atoms with Crippen molar-refractivity contribution in [1.82, 2.24) is 5.32 Å². The maximum absolute atomic E-state index is 14.0. The Morgan fingerprint density at radius 1 is 1.38 bits per heavy atom. The van der Waals surface area contributed by atoms with Crippen LogP contribution in [0.3, 0.4) is 0 Å². The number of carboxylic acids is 1. The standard InChI is InChI=1S/C14H17ClFNO3S/c1-8(2)14(10-4-3-9(15)5-11(10)16)17-12(18)6-21-7-13(19)20/h3-5,8,14H,6-7H2,1-2H3,(H,17,18)(H,19,20). The minimum Gasteiger partial charge on any atom is -0.481 e. The van der Waals surface area contributed by atoms with E-state index in [9.17, 15) is 14.0 Å². The van der Waals surface area contributed by atoms with Crippen LogP contribution in [0.25, 0.3) is 0 Å². The minimum absolute atomic E-state index is 0.0186. The molecule has 0 heterocycles. The van der Waals surface area contributed by atoms with Crippen molar-refractivity contribution in [2.45, 2.75) is 19.9 Å². The average molecular weight is 334 g/mol. The predicted molar refractivity (Wildman–Crippen MR) is 82.1 cm³/mol. The Balaban J connectivity index is 2.74. The van der Waals surface area contributed by atoms with Crippen molar-refractivity contribution in [2.24, 2.45) is 5.92 Å². The van der Waals surface area contributed by atoms with E-state index in [0.717, 1.165) is 11.8 Å². The Hall–Kier alpha value is -1.27. The molecule has 2 N–H and O–H groups in total. The van der Waals surface area contributed by atoms with E-state index in [0.29, 0.717) is 10.6 Å². The predicted octanol–water partition coefficient (Wildman–Crippen LogP) is 3.11. The van der Waals surface area contributed by atoms with E-state index in [4.69, 9.17) is 16.7 Å². The molecule has 0 aliphatic carbocycles. The summed E-state index contributed by atoms with van der Waals surface area (Å²) in [7, 11) is 0. The number of aliphatic carboxylic acids is 1. The lowest BCUT2D eigenvalue weighted by Crippen LogP contribution is -2.33. The molecule has 1 atom stereocenters. The summed E-state index contributed by atoms with van der Waals surface area (Å²) in [5.41, 5.74) is 0.367. The fourth-order valence-corrected chi connectivity index (χ4v) is 2.51. The van der Waals surface area contributed by atoms with Gasteiger partial charge in [-0.15, -0.1) is 11.8 Å². The summed E-state index contributed by atoms with van der Waals surface area (Å²) in [5.74, 6) is -1.92. The first-order valence-corrected chi connectivity index (χ1v) is 7.88. The van der Waals surface area contributed by atoms with Gasteiger partial charge in [0.25, 0.3) is 0 Å². The quantitative estimate of drug-likeness (QED) is 0.804. The van der Waals surface area contributed by atoms with Gasteiger partial charge in [-0.3, -0.25) is 9.59 Å². The fourth-order valence-electron chi connectivity index (χ4n) is 1.80. The van der Waals surface area contributed by atoms with E-state index >= 15 is 0 Å². The van der Waals surface area contributed by atoms with E-state index in [2.05, 4.69) is 5.32 Å². The number of rotatable bonds is 7. The third kappa shape index (κ3) is 5.93. The second-order valence-corrected chi connectivity index (χ2v) is 6.26. The van der Waals surface area contributed by atoms with Gasteiger partial charge in [-0.1, -0.05) is 31.5 Å². The van der Waals surface area contributed by atoms with Gasteiger partial charge in [0.15, 0.2) is 0 Å². The number of halogens is 2. The smallest absolute Gasteiger partial charge is 0.313 e. The topological polar surface area (TPSA) is 66.4 Å². The Morgan fingerprint density at radius 2 is 2.05 bits per heavy atom. The fraction of sp³-hybridized carbons (Fsp3) is 0.429. The zero-order chi connectivity index (χ0) is 16.0. The van der Waals surface area contributed by atoms with Crippen LogP contribution in [-0.4, -0.2) is 28.5 Å². The van der Waals surface area contributed by atoms with E-state index < -0.39 is 17.8 Å². The van der Waals surface area contributed by atoms with Gasteiger partial charge in [-0.05, 0) is 18.1 Å². The van der Waals surface area contributed by atoms with Gasteiger partial charge in [-0.2, -0.15) is 0 Å². The number of nitrogens with one attached hydrogen (secondary N) is 1. The number of hydrogen-bond acceptors (Lipinski definition) is 3. The first kappa shape index (κ1) is 17.8. The molecule has 0 bridgehead atoms. The molecule has 0 saturated heterocycles. The molecule has 4 nitrogen and oxygen atoms in total. The van der Waals surface area contributed by atoms with Crippen molar-refractivity contribution in [2.75, 3.05) is 11.5 Å². The van der Waals surface area contributed by atoms with Crippen LogP contribution in [0.15, 0.2) is 18.2 Å². The Morgan fingerprint density at radius 3 is 2.57 bits per heavy atom. The molecule has 0 radical (unpaired) electrons. The SMILES string of the molecule is CC(C)C(NC(=O)CSCC(=O)O)c1ccc(Cl)cc1F. The second-order valence-electron chi connectivity index (χ2n) is 4.84. The van der Waals surface area contributed by atoms with E-state index in [-0.39, 0.29) is 23.3 Å². The van der Waals surface area contributed by atoms with Crippen molar-refractivity contribution >= 4 is 35.2 Å². The monoisotopic (exact) mass is 333 g/mol. The number of carbonyl (C=O) groups is 2. The van der Waals surface area contributed by atoms with E-state index in [1.165, 1.54) is 6.07 Å². The highest BCUT2D eigenvalue weighted by Crippen LogP contribution is 2.26. The van der Waals surface area contributed by atoms with Crippen LogP contribution in [0.5, 0.6) is 0 Å². The van der Waals surface area contributed by atoms with Gasteiger partial charge in [0, 0.05) is 10.6 Å². The summed E-state index contributed by atoms with van der Waals surface area (Å²) >= 11 is 6.72. The van der Waals surface area contributed by atoms with Gasteiger partial charge >= 0.3 is 5.97 Å². The van der Waals surface area contributed by atoms with Gasteiger partial charge in [0.05, 0.1) is 17.5 Å². The third-order valence-corrected chi connectivity index (χ3v) is 3.89. The Bertz CT molecular complexity index is 525. The molecule has 0 fully saturated rings. The summed E-state index contributed by atoms with van der Waals surface area (Å²) < 4.78 is 14.0. The number of carboxylic acid groups (broad SMARTS) is 1. The molecule has 0 aromatic heterocycles. The van der Waals surface area contributed by atoms with Crippen LogP contribution in [0.2, 0.25) is 5.02 Å². The Kier molecular flexibility index (Phi) is 6.98. The summed E-state index contributed by atoms with van der Waals surface area (Å²) in [6.45, 7) is 3.73. The third-order valence-electron chi connectivity index (χ3n) is 2.74. The number of benzene rings is 1. The van der Waals surface area contributed by atoms with Gasteiger partial charge in [-0.25, -0.2) is 4.39 Å². The molecular weight excluding hydrogens is 317 g/mol. The summed E-state index contributed by atoms with van der Waals surface area (Å²) in [4.78, 5) is 22.2. The van der Waals surface area contributed by atoms with Gasteiger partial charge < -0.3 is 10.4 Å². The lowest BCUT2D eigenvalue weighted by molar-refractivity contribution is -0.133. The molecule has 1 unspecified atom stereocenters. The number of hydrogen-bond donors (Lipinski definition) is 2. The molecule has 0 aliphatic heterocycles. The first-order chi connectivity index (χ1) is 9.81. The highest BCUT2D eigenvalue weighted by atomic mass is 35.5. The van der Waals surface area contributed by atoms with Gasteiger partial charge in [0.2, 0.25) is 5.91 Å². The molecule has 7 heteroatoms. The molecule has 21 heavy (non-hydrogen) atoms. The van der Waals surface area contributed by atoms with Crippen LogP contribution in [-0.2, 0) is 9.59 Å². The summed E-state index contributed by atoms with van der Waals surface area (Å²) in [5, 5.41) is 11.5. The maximum Gasteiger partial charge on any atom is 0.313 e. The van der Waals surface area contributed by atoms with Crippen LogP contribution in [0.4, 0.5) is 4.39 Å². The van der Waals surface area contributed by atoms with Crippen molar-refractivity contribution < 1.29 is 19.1 Å². The van der Waals surface area contributed by atoms with Crippen molar-refractivity contribution in [1.29, 1.82) is 0 Å². The highest BCUT2D eigenvalue weighted by molar-refractivity contribution is 8.00. The average Bonchev–Trinajstić information content (AvgIpc) is 2.36. The van der Waals surface area contributed by atoms with Crippen LogP contribution >= 0.6 is 23.4 Å². The summed E-state index contributed by atoms with van der Waals surface area (Å²) in [6, 6.07) is 3.84. The van der Waals surface area contributed by atoms with Crippen molar-refractivity contribution in [3.8, 4) is 0 Å². The van der Waals surface area contributed by atoms with Crippen LogP contribution < -0.4 is 5.32 Å². The largest absolute Gasteiger partial charge is 0.481 e. The van der Waals surface area contributed by atoms with Crippen molar-refractivity contribution in [3.05, 3.63) is 34.6 Å². The lowest BCUT2D eigenvalue weighted by atomic mass is 9.95. The molecule has 1 aromatic carbocycles. The molecule has 1 amide bonds.